The minimum Gasteiger partial charge on any atom is -0.315 e. The van der Waals surface area contributed by atoms with E-state index in [2.05, 4.69) is 37.6 Å². The van der Waals surface area contributed by atoms with Crippen molar-refractivity contribution >= 4 is 23.4 Å². The number of hydrogen-bond donors (Lipinski definition) is 1. The van der Waals surface area contributed by atoms with Crippen LogP contribution < -0.4 is 10.2 Å². The Morgan fingerprint density at radius 3 is 2.62 bits per heavy atom. The van der Waals surface area contributed by atoms with E-state index in [-0.39, 0.29) is 16.7 Å². The topological polar surface area (TPSA) is 32.3 Å². The lowest BCUT2D eigenvalue weighted by Gasteiger charge is -2.36. The quantitative estimate of drug-likeness (QED) is 0.871. The van der Waals surface area contributed by atoms with E-state index in [0.717, 1.165) is 25.1 Å². The second-order valence-electron chi connectivity index (χ2n) is 5.74. The summed E-state index contributed by atoms with van der Waals surface area (Å²) in [7, 11) is 1.86. The molecule has 1 aliphatic heterocycles. The Morgan fingerprint density at radius 2 is 2.00 bits per heavy atom. The molecule has 0 fully saturated rings. The zero-order chi connectivity index (χ0) is 15.5. The molecule has 1 heterocycles. The van der Waals surface area contributed by atoms with Gasteiger partial charge in [-0.25, -0.2) is 0 Å². The van der Waals surface area contributed by atoms with Gasteiger partial charge >= 0.3 is 0 Å². The average molecular weight is 306 g/mol. The van der Waals surface area contributed by atoms with Crippen LogP contribution in [0.1, 0.15) is 44.7 Å². The molecule has 0 aromatic heterocycles. The van der Waals surface area contributed by atoms with Crippen molar-refractivity contribution in [1.82, 2.24) is 5.32 Å². The molecule has 1 unspecified atom stereocenters. The van der Waals surface area contributed by atoms with Gasteiger partial charge < -0.3 is 10.2 Å². The maximum atomic E-state index is 12.2. The zero-order valence-electron chi connectivity index (χ0n) is 13.5. The predicted molar refractivity (Wildman–Crippen MR) is 92.0 cm³/mol. The van der Waals surface area contributed by atoms with Crippen molar-refractivity contribution in [2.24, 2.45) is 0 Å². The number of fused-ring (bicyclic) bond motifs is 1. The van der Waals surface area contributed by atoms with E-state index >= 15 is 0 Å². The summed E-state index contributed by atoms with van der Waals surface area (Å²) < 4.78 is 0.265. The van der Waals surface area contributed by atoms with E-state index in [1.807, 2.05) is 30.9 Å². The predicted octanol–water partition coefficient (Wildman–Crippen LogP) is 3.61. The monoisotopic (exact) mass is 306 g/mol. The minimum atomic E-state index is 0.134. The van der Waals surface area contributed by atoms with Gasteiger partial charge in [0.25, 0.3) is 0 Å². The zero-order valence-corrected chi connectivity index (χ0v) is 14.3. The molecule has 1 aromatic carbocycles. The van der Waals surface area contributed by atoms with Gasteiger partial charge in [-0.1, -0.05) is 32.0 Å². The molecule has 1 aromatic rings. The van der Waals surface area contributed by atoms with Crippen LogP contribution in [0.15, 0.2) is 24.3 Å². The van der Waals surface area contributed by atoms with Gasteiger partial charge in [-0.15, -0.1) is 0 Å². The van der Waals surface area contributed by atoms with E-state index in [9.17, 15) is 4.79 Å². The Labute approximate surface area is 132 Å². The molecule has 1 atom stereocenters. The van der Waals surface area contributed by atoms with Crippen LogP contribution in [0.2, 0.25) is 0 Å². The van der Waals surface area contributed by atoms with E-state index in [0.29, 0.717) is 6.42 Å². The van der Waals surface area contributed by atoms with Gasteiger partial charge in [0, 0.05) is 36.5 Å². The van der Waals surface area contributed by atoms with Gasteiger partial charge in [0.2, 0.25) is 5.91 Å². The second kappa shape index (κ2) is 6.84. The van der Waals surface area contributed by atoms with Gasteiger partial charge in [-0.2, -0.15) is 11.8 Å². The van der Waals surface area contributed by atoms with E-state index in [1.165, 1.54) is 5.56 Å². The minimum absolute atomic E-state index is 0.134. The molecule has 0 radical (unpaired) electrons. The average Bonchev–Trinajstić information content (AvgIpc) is 2.53. The van der Waals surface area contributed by atoms with Crippen molar-refractivity contribution in [3.05, 3.63) is 29.8 Å². The highest BCUT2D eigenvalue weighted by Crippen LogP contribution is 2.35. The Morgan fingerprint density at radius 1 is 1.33 bits per heavy atom. The molecule has 1 aliphatic rings. The molecule has 2 rings (SSSR count). The molecule has 1 N–H and O–H groups in total. The number of carbonyl (C=O) groups excluding carboxylic acids is 1. The maximum absolute atomic E-state index is 12.2. The first-order chi connectivity index (χ1) is 10.1. The largest absolute Gasteiger partial charge is 0.315 e. The van der Waals surface area contributed by atoms with Gasteiger partial charge in [0.1, 0.15) is 0 Å². The van der Waals surface area contributed by atoms with Crippen molar-refractivity contribution in [1.29, 1.82) is 0 Å². The molecule has 0 aliphatic carbocycles. The number of nitrogens with zero attached hydrogens (tertiary/aromatic N) is 1. The third-order valence-corrected chi connectivity index (χ3v) is 6.41. The SMILES string of the molecule is CCC(CC)(CNC1CC(=O)N(C)c2ccccc21)SC. The number of nitrogens with one attached hydrogen (secondary N) is 1. The summed E-state index contributed by atoms with van der Waals surface area (Å²) in [5, 5.41) is 3.65. The summed E-state index contributed by atoms with van der Waals surface area (Å²) in [5.41, 5.74) is 2.27. The van der Waals surface area contributed by atoms with Crippen LogP contribution in [0.5, 0.6) is 0 Å². The summed E-state index contributed by atoms with van der Waals surface area (Å²) in [5.74, 6) is 0.189. The summed E-state index contributed by atoms with van der Waals surface area (Å²) in [6.45, 7) is 5.43. The van der Waals surface area contributed by atoms with Gasteiger partial charge in [0.15, 0.2) is 0 Å². The molecule has 0 saturated heterocycles. The smallest absolute Gasteiger partial charge is 0.228 e. The van der Waals surface area contributed by atoms with E-state index in [4.69, 9.17) is 0 Å². The molecule has 0 bridgehead atoms. The first-order valence-electron chi connectivity index (χ1n) is 7.71. The molecule has 4 heteroatoms. The highest BCUT2D eigenvalue weighted by Gasteiger charge is 2.31. The fourth-order valence-electron chi connectivity index (χ4n) is 3.00. The third-order valence-electron chi connectivity index (χ3n) is 4.82. The van der Waals surface area contributed by atoms with Crippen molar-refractivity contribution in [2.45, 2.75) is 43.9 Å². The summed E-state index contributed by atoms with van der Waals surface area (Å²) >= 11 is 1.93. The van der Waals surface area contributed by atoms with Crippen LogP contribution in [0, 0.1) is 0 Å². The van der Waals surface area contributed by atoms with Crippen LogP contribution in [-0.2, 0) is 4.79 Å². The molecule has 0 saturated carbocycles. The van der Waals surface area contributed by atoms with Crippen molar-refractivity contribution in [3.63, 3.8) is 0 Å². The Hall–Kier alpha value is -1.00. The van der Waals surface area contributed by atoms with Crippen molar-refractivity contribution in [3.8, 4) is 0 Å². The van der Waals surface area contributed by atoms with Crippen LogP contribution in [0.25, 0.3) is 0 Å². The third kappa shape index (κ3) is 3.27. The number of benzene rings is 1. The Bertz CT molecular complexity index is 491. The molecule has 1 amide bonds. The van der Waals surface area contributed by atoms with Crippen molar-refractivity contribution < 1.29 is 4.79 Å². The lowest BCUT2D eigenvalue weighted by Crippen LogP contribution is -2.43. The van der Waals surface area contributed by atoms with Gasteiger partial charge in [0.05, 0.1) is 0 Å². The van der Waals surface area contributed by atoms with Crippen molar-refractivity contribution in [2.75, 3.05) is 24.7 Å². The van der Waals surface area contributed by atoms with Crippen LogP contribution in [0.4, 0.5) is 5.69 Å². The van der Waals surface area contributed by atoms with Gasteiger partial charge in [-0.3, -0.25) is 4.79 Å². The lowest BCUT2D eigenvalue weighted by molar-refractivity contribution is -0.119. The highest BCUT2D eigenvalue weighted by atomic mass is 32.2. The summed E-state index contributed by atoms with van der Waals surface area (Å²) in [6, 6.07) is 8.35. The molecule has 3 nitrogen and oxygen atoms in total. The number of hydrogen-bond acceptors (Lipinski definition) is 3. The number of anilines is 1. The fraction of sp³-hybridized carbons (Fsp3) is 0.588. The first kappa shape index (κ1) is 16.4. The second-order valence-corrected chi connectivity index (χ2v) is 7.02. The fourth-order valence-corrected chi connectivity index (χ4v) is 3.80. The van der Waals surface area contributed by atoms with Crippen LogP contribution in [-0.4, -0.2) is 30.5 Å². The standard InChI is InChI=1S/C17H26N2OS/c1-5-17(6-2,21-4)12-18-14-11-16(20)19(3)15-10-8-7-9-13(14)15/h7-10,14,18H,5-6,11-12H2,1-4H3. The first-order valence-corrected chi connectivity index (χ1v) is 8.93. The molecular formula is C17H26N2OS. The molecule has 116 valence electrons. The maximum Gasteiger partial charge on any atom is 0.228 e. The summed E-state index contributed by atoms with van der Waals surface area (Å²) in [4.78, 5) is 14.0. The number of amides is 1. The van der Waals surface area contributed by atoms with Gasteiger partial charge in [-0.05, 0) is 30.7 Å². The highest BCUT2D eigenvalue weighted by molar-refractivity contribution is 8.00. The van der Waals surface area contributed by atoms with E-state index in [1.54, 1.807) is 4.90 Å². The van der Waals surface area contributed by atoms with Crippen LogP contribution in [0.3, 0.4) is 0 Å². The normalized spacial score (nSPS) is 18.8. The Kier molecular flexibility index (Phi) is 5.33. The van der Waals surface area contributed by atoms with Crippen LogP contribution >= 0.6 is 11.8 Å². The molecule has 21 heavy (non-hydrogen) atoms. The molecular weight excluding hydrogens is 280 g/mol. The summed E-state index contributed by atoms with van der Waals surface area (Å²) in [6.07, 6.45) is 5.01. The number of para-hydroxylation sites is 1. The number of carbonyl (C=O) groups is 1. The van der Waals surface area contributed by atoms with E-state index < -0.39 is 0 Å². The molecule has 0 spiro atoms. The number of thioether (sulfide) groups is 1. The lowest BCUT2D eigenvalue weighted by atomic mass is 9.94. The Balaban J connectivity index is 2.18. The number of rotatable bonds is 6.